The Bertz CT molecular complexity index is 231. The van der Waals surface area contributed by atoms with Crippen molar-refractivity contribution in [3.63, 3.8) is 0 Å². The summed E-state index contributed by atoms with van der Waals surface area (Å²) in [6, 6.07) is 1.26. The molecule has 0 aliphatic rings. The molecule has 3 nitrogen and oxygen atoms in total. The summed E-state index contributed by atoms with van der Waals surface area (Å²) in [4.78, 5) is 0. The highest BCUT2D eigenvalue weighted by Crippen LogP contribution is 2.12. The van der Waals surface area contributed by atoms with Crippen LogP contribution in [0.3, 0.4) is 0 Å². The van der Waals surface area contributed by atoms with Gasteiger partial charge in [-0.3, -0.25) is 0 Å². The second kappa shape index (κ2) is 12.8. The van der Waals surface area contributed by atoms with E-state index in [1.54, 1.807) is 0 Å². The molecule has 114 valence electrons. The summed E-state index contributed by atoms with van der Waals surface area (Å²) in [6.07, 6.45) is 9.38. The highest BCUT2D eigenvalue weighted by atomic mass is 35.5. The number of alkyl halides is 1. The Morgan fingerprint density at radius 2 is 1.74 bits per heavy atom. The minimum Gasteiger partial charge on any atom is -0.392 e. The smallest absolute Gasteiger partial charge is 0.0423 e. The molecule has 3 N–H and O–H groups in total. The fourth-order valence-corrected chi connectivity index (χ4v) is 2.40. The molecule has 0 aromatic carbocycles. The molecule has 0 aromatic rings. The second-order valence-electron chi connectivity index (χ2n) is 5.13. The van der Waals surface area contributed by atoms with Gasteiger partial charge >= 0.3 is 0 Å². The molecule has 0 aliphatic heterocycles. The lowest BCUT2D eigenvalue weighted by Crippen LogP contribution is -2.26. The number of hydrogen-bond donors (Lipinski definition) is 3. The van der Waals surface area contributed by atoms with Crippen molar-refractivity contribution >= 4 is 11.6 Å². The maximum atomic E-state index is 5.72. The number of rotatable bonds is 12. The first kappa shape index (κ1) is 18.8. The van der Waals surface area contributed by atoms with E-state index in [1.807, 2.05) is 14.1 Å². The number of hydrogen-bond acceptors (Lipinski definition) is 3. The molecule has 0 saturated carbocycles. The Morgan fingerprint density at radius 3 is 2.26 bits per heavy atom. The van der Waals surface area contributed by atoms with Crippen molar-refractivity contribution in [2.24, 2.45) is 0 Å². The minimum absolute atomic E-state index is 0.591. The Hall–Kier alpha value is -0.250. The van der Waals surface area contributed by atoms with Crippen molar-refractivity contribution in [3.8, 4) is 0 Å². The highest BCUT2D eigenvalue weighted by Gasteiger charge is 2.07. The SMILES string of the molecule is CNC(=CCCl)CCCC(CCCC(C)NC)NC. The molecule has 0 rings (SSSR count). The van der Waals surface area contributed by atoms with E-state index in [-0.39, 0.29) is 0 Å². The summed E-state index contributed by atoms with van der Waals surface area (Å²) < 4.78 is 0. The fourth-order valence-electron chi connectivity index (χ4n) is 2.21. The Kier molecular flexibility index (Phi) is 12.6. The summed E-state index contributed by atoms with van der Waals surface area (Å²) in [6.45, 7) is 2.24. The maximum absolute atomic E-state index is 5.72. The van der Waals surface area contributed by atoms with E-state index in [0.717, 1.165) is 6.42 Å². The highest BCUT2D eigenvalue weighted by molar-refractivity contribution is 6.18. The lowest BCUT2D eigenvalue weighted by atomic mass is 10.0. The molecule has 0 heterocycles. The number of allylic oxidation sites excluding steroid dienone is 2. The van der Waals surface area contributed by atoms with Gasteiger partial charge in [0, 0.05) is 30.7 Å². The second-order valence-corrected chi connectivity index (χ2v) is 5.44. The van der Waals surface area contributed by atoms with Crippen LogP contribution in [0, 0.1) is 0 Å². The van der Waals surface area contributed by atoms with Crippen molar-refractivity contribution in [1.29, 1.82) is 0 Å². The van der Waals surface area contributed by atoms with Crippen LogP contribution in [0.15, 0.2) is 11.8 Å². The quantitative estimate of drug-likeness (QED) is 0.484. The molecular formula is C15H32ClN3. The Morgan fingerprint density at radius 1 is 1.05 bits per heavy atom. The van der Waals surface area contributed by atoms with Gasteiger partial charge in [-0.1, -0.05) is 12.5 Å². The molecule has 0 aromatic heterocycles. The molecule has 2 atom stereocenters. The van der Waals surface area contributed by atoms with Crippen LogP contribution in [0.25, 0.3) is 0 Å². The van der Waals surface area contributed by atoms with Crippen molar-refractivity contribution < 1.29 is 0 Å². The zero-order chi connectivity index (χ0) is 14.5. The van der Waals surface area contributed by atoms with E-state index in [4.69, 9.17) is 11.6 Å². The Balaban J connectivity index is 3.78. The topological polar surface area (TPSA) is 36.1 Å². The molecule has 0 radical (unpaired) electrons. The van der Waals surface area contributed by atoms with E-state index in [2.05, 4.69) is 36.0 Å². The third kappa shape index (κ3) is 10.2. The summed E-state index contributed by atoms with van der Waals surface area (Å²) >= 11 is 5.72. The van der Waals surface area contributed by atoms with Crippen molar-refractivity contribution in [3.05, 3.63) is 11.8 Å². The molecular weight excluding hydrogens is 258 g/mol. The van der Waals surface area contributed by atoms with Crippen LogP contribution < -0.4 is 16.0 Å². The Labute approximate surface area is 124 Å². The van der Waals surface area contributed by atoms with Crippen LogP contribution in [0.4, 0.5) is 0 Å². The van der Waals surface area contributed by atoms with E-state index < -0.39 is 0 Å². The zero-order valence-electron chi connectivity index (χ0n) is 13.1. The van der Waals surface area contributed by atoms with Crippen molar-refractivity contribution in [2.45, 2.75) is 57.5 Å². The first-order valence-electron chi connectivity index (χ1n) is 7.45. The van der Waals surface area contributed by atoms with Crippen LogP contribution in [0.2, 0.25) is 0 Å². The van der Waals surface area contributed by atoms with Gasteiger partial charge in [-0.05, 0) is 53.1 Å². The van der Waals surface area contributed by atoms with Gasteiger partial charge in [0.2, 0.25) is 0 Å². The van der Waals surface area contributed by atoms with Gasteiger partial charge in [0.25, 0.3) is 0 Å². The summed E-state index contributed by atoms with van der Waals surface area (Å²) in [5.74, 6) is 0.591. The first-order chi connectivity index (χ1) is 9.17. The monoisotopic (exact) mass is 289 g/mol. The molecule has 4 heteroatoms. The summed E-state index contributed by atoms with van der Waals surface area (Å²) in [7, 11) is 6.07. The third-order valence-corrected chi connectivity index (χ3v) is 3.89. The minimum atomic E-state index is 0.591. The van der Waals surface area contributed by atoms with Crippen molar-refractivity contribution in [2.75, 3.05) is 27.0 Å². The van der Waals surface area contributed by atoms with Crippen LogP contribution >= 0.6 is 11.6 Å². The number of halogens is 1. The van der Waals surface area contributed by atoms with Gasteiger partial charge in [0.05, 0.1) is 0 Å². The number of nitrogens with one attached hydrogen (secondary N) is 3. The zero-order valence-corrected chi connectivity index (χ0v) is 13.8. The van der Waals surface area contributed by atoms with Crippen LogP contribution in [0.5, 0.6) is 0 Å². The normalized spacial score (nSPS) is 15.3. The average Bonchev–Trinajstić information content (AvgIpc) is 2.44. The predicted octanol–water partition coefficient (Wildman–Crippen LogP) is 2.87. The van der Waals surface area contributed by atoms with Gasteiger partial charge in [-0.25, -0.2) is 0 Å². The lowest BCUT2D eigenvalue weighted by molar-refractivity contribution is 0.432. The summed E-state index contributed by atoms with van der Waals surface area (Å²) in [5, 5.41) is 9.93. The predicted molar refractivity (Wildman–Crippen MR) is 86.9 cm³/mol. The van der Waals surface area contributed by atoms with Gasteiger partial charge in [-0.2, -0.15) is 0 Å². The van der Waals surface area contributed by atoms with E-state index in [9.17, 15) is 0 Å². The van der Waals surface area contributed by atoms with Crippen LogP contribution in [-0.4, -0.2) is 39.1 Å². The van der Waals surface area contributed by atoms with Gasteiger partial charge < -0.3 is 16.0 Å². The van der Waals surface area contributed by atoms with E-state index in [1.165, 1.54) is 37.8 Å². The summed E-state index contributed by atoms with van der Waals surface area (Å²) in [5.41, 5.74) is 1.26. The average molecular weight is 290 g/mol. The molecule has 2 unspecified atom stereocenters. The van der Waals surface area contributed by atoms with Crippen LogP contribution in [0.1, 0.15) is 45.4 Å². The van der Waals surface area contributed by atoms with E-state index in [0.29, 0.717) is 18.0 Å². The molecule has 19 heavy (non-hydrogen) atoms. The van der Waals surface area contributed by atoms with Gasteiger partial charge in [0.1, 0.15) is 0 Å². The molecule has 0 aliphatic carbocycles. The van der Waals surface area contributed by atoms with Crippen molar-refractivity contribution in [1.82, 2.24) is 16.0 Å². The van der Waals surface area contributed by atoms with E-state index >= 15 is 0 Å². The maximum Gasteiger partial charge on any atom is 0.0423 e. The molecule has 0 saturated heterocycles. The molecule has 0 spiro atoms. The largest absolute Gasteiger partial charge is 0.392 e. The van der Waals surface area contributed by atoms with Gasteiger partial charge in [-0.15, -0.1) is 11.6 Å². The third-order valence-electron chi connectivity index (χ3n) is 3.73. The molecule has 0 amide bonds. The molecule has 0 fully saturated rings. The first-order valence-corrected chi connectivity index (χ1v) is 7.98. The van der Waals surface area contributed by atoms with Gasteiger partial charge in [0.15, 0.2) is 0 Å². The van der Waals surface area contributed by atoms with Crippen LogP contribution in [-0.2, 0) is 0 Å². The standard InChI is InChI=1S/C15H32ClN3/c1-13(17-2)7-5-8-14(18-3)9-6-10-15(19-4)11-12-16/h11,13-14,17-19H,5-10,12H2,1-4H3. The fraction of sp³-hybridized carbons (Fsp3) is 0.867. The molecule has 0 bridgehead atoms. The lowest BCUT2D eigenvalue weighted by Gasteiger charge is -2.18.